The van der Waals surface area contributed by atoms with Crippen LogP contribution in [0.5, 0.6) is 0 Å². The summed E-state index contributed by atoms with van der Waals surface area (Å²) in [5.74, 6) is -2.97. The van der Waals surface area contributed by atoms with E-state index >= 15 is 0 Å². The first-order valence-corrected chi connectivity index (χ1v) is 12.1. The highest BCUT2D eigenvalue weighted by molar-refractivity contribution is 7.56. The maximum atomic E-state index is 14.4. The highest BCUT2D eigenvalue weighted by Gasteiger charge is 2.36. The first-order chi connectivity index (χ1) is 16.1. The number of aromatic amines is 1. The van der Waals surface area contributed by atoms with E-state index in [0.29, 0.717) is 17.2 Å². The lowest BCUT2D eigenvalue weighted by Gasteiger charge is -2.27. The van der Waals surface area contributed by atoms with Crippen molar-refractivity contribution in [2.24, 2.45) is 0 Å². The number of ether oxygens (including phenoxy) is 3. The van der Waals surface area contributed by atoms with Crippen molar-refractivity contribution in [3.63, 3.8) is 0 Å². The van der Waals surface area contributed by atoms with Gasteiger partial charge in [-0.25, -0.2) is 14.3 Å². The van der Waals surface area contributed by atoms with Gasteiger partial charge in [-0.1, -0.05) is 24.3 Å². The Kier molecular flexibility index (Phi) is 8.50. The molecule has 0 fully saturated rings. The monoisotopic (exact) mass is 503 g/mol. The summed E-state index contributed by atoms with van der Waals surface area (Å²) in [4.78, 5) is 36.8. The minimum absolute atomic E-state index is 0.120. The minimum atomic E-state index is -3.88. The van der Waals surface area contributed by atoms with Crippen LogP contribution >= 0.6 is 7.52 Å². The van der Waals surface area contributed by atoms with Crippen molar-refractivity contribution >= 4 is 13.5 Å². The zero-order valence-electron chi connectivity index (χ0n) is 18.3. The predicted octanol–water partition coefficient (Wildman–Crippen LogP) is 1.99. The largest absolute Gasteiger partial charge is 0.465 e. The van der Waals surface area contributed by atoms with Gasteiger partial charge in [-0.3, -0.25) is 23.7 Å². The van der Waals surface area contributed by atoms with Crippen LogP contribution in [0, 0.1) is 5.82 Å². The van der Waals surface area contributed by atoms with Crippen molar-refractivity contribution in [1.82, 2.24) is 14.6 Å². The maximum Gasteiger partial charge on any atom is 0.330 e. The van der Waals surface area contributed by atoms with Gasteiger partial charge in [-0.2, -0.15) is 4.39 Å². The standard InChI is InChI=1S/C20H24F2N3O8P/c1-3-30-19(27)12(2)24-34(29,33-13-7-5-4-6-8-13)11-31-16-9-14(21)18(32-16)25-10-15(22)17(26)23-20(25)28/h4-7,9-10,12-13,16,18H,3,8,11H2,1-2H3,(H,24,29)(H,23,26,28)/t12-,13?,16-,18+,34?/m0/s1. The average molecular weight is 503 g/mol. The molecule has 34 heavy (non-hydrogen) atoms. The molecule has 1 aliphatic carbocycles. The molecule has 2 N–H and O–H groups in total. The molecule has 1 aromatic heterocycles. The summed E-state index contributed by atoms with van der Waals surface area (Å²) in [5, 5.41) is 2.59. The molecule has 1 aliphatic heterocycles. The second kappa shape index (κ2) is 11.2. The third-order valence-corrected chi connectivity index (χ3v) is 6.54. The summed E-state index contributed by atoms with van der Waals surface area (Å²) in [7, 11) is -3.88. The summed E-state index contributed by atoms with van der Waals surface area (Å²) < 4.78 is 63.2. The minimum Gasteiger partial charge on any atom is -0.465 e. The number of nitrogens with one attached hydrogen (secondary N) is 2. The molecule has 2 unspecified atom stereocenters. The molecule has 0 spiro atoms. The number of aromatic nitrogens is 2. The Balaban J connectivity index is 1.71. The van der Waals surface area contributed by atoms with Gasteiger partial charge >= 0.3 is 11.7 Å². The van der Waals surface area contributed by atoms with Crippen LogP contribution in [0.4, 0.5) is 8.78 Å². The molecule has 0 radical (unpaired) electrons. The summed E-state index contributed by atoms with van der Waals surface area (Å²) in [6.45, 7) is 3.18. The molecule has 0 saturated heterocycles. The summed E-state index contributed by atoms with van der Waals surface area (Å²) in [5.41, 5.74) is -2.36. The number of hydrogen-bond acceptors (Lipinski definition) is 8. The number of carbonyl (C=O) groups excluding carboxylic acids is 1. The summed E-state index contributed by atoms with van der Waals surface area (Å²) in [6.07, 6.45) is 4.39. The molecule has 1 aromatic rings. The number of rotatable bonds is 10. The smallest absolute Gasteiger partial charge is 0.330 e. The molecule has 2 heterocycles. The number of nitrogens with zero attached hydrogens (tertiary/aromatic N) is 1. The van der Waals surface area contributed by atoms with Crippen molar-refractivity contribution < 1.29 is 36.9 Å². The van der Waals surface area contributed by atoms with Crippen molar-refractivity contribution in [2.45, 2.75) is 44.9 Å². The number of halogens is 2. The Morgan fingerprint density at radius 2 is 2.15 bits per heavy atom. The molecule has 2 aliphatic rings. The van der Waals surface area contributed by atoms with Crippen LogP contribution in [0.3, 0.4) is 0 Å². The molecule has 11 nitrogen and oxygen atoms in total. The molecule has 14 heteroatoms. The van der Waals surface area contributed by atoms with Gasteiger partial charge < -0.3 is 18.7 Å². The second-order valence-electron chi connectivity index (χ2n) is 7.32. The van der Waals surface area contributed by atoms with E-state index < -0.39 is 67.4 Å². The van der Waals surface area contributed by atoms with Gasteiger partial charge in [-0.15, -0.1) is 0 Å². The second-order valence-corrected chi connectivity index (χ2v) is 9.39. The highest BCUT2D eigenvalue weighted by Crippen LogP contribution is 2.46. The van der Waals surface area contributed by atoms with Crippen molar-refractivity contribution in [2.75, 3.05) is 13.0 Å². The average Bonchev–Trinajstić information content (AvgIpc) is 3.16. The predicted molar refractivity (Wildman–Crippen MR) is 115 cm³/mol. The SMILES string of the molecule is CCOC(=O)[C@H](C)NP(=O)(CO[C@@H]1C=C(F)[C@H](n2cc(F)c(=O)[nH]c2=O)O1)OC1C=CC=CC1. The van der Waals surface area contributed by atoms with Gasteiger partial charge in [-0.05, 0) is 20.3 Å². The van der Waals surface area contributed by atoms with Crippen LogP contribution in [0.25, 0.3) is 0 Å². The number of carbonyl (C=O) groups is 1. The van der Waals surface area contributed by atoms with Crippen LogP contribution in [0.2, 0.25) is 0 Å². The van der Waals surface area contributed by atoms with Crippen molar-refractivity contribution in [3.8, 4) is 0 Å². The molecule has 0 aromatic carbocycles. The van der Waals surface area contributed by atoms with E-state index in [-0.39, 0.29) is 6.61 Å². The molecule has 3 rings (SSSR count). The van der Waals surface area contributed by atoms with E-state index in [1.54, 1.807) is 36.2 Å². The molecule has 0 amide bonds. The Bertz CT molecular complexity index is 1160. The molecular formula is C20H24F2N3O8P. The third kappa shape index (κ3) is 6.45. The lowest BCUT2D eigenvalue weighted by molar-refractivity contribution is -0.144. The summed E-state index contributed by atoms with van der Waals surface area (Å²) in [6, 6.07) is -1.01. The van der Waals surface area contributed by atoms with Gasteiger partial charge in [0.15, 0.2) is 18.3 Å². The molecule has 0 bridgehead atoms. The number of hydrogen-bond donors (Lipinski definition) is 2. The van der Waals surface area contributed by atoms with E-state index in [0.717, 1.165) is 6.08 Å². The Hall–Kier alpha value is -2.70. The van der Waals surface area contributed by atoms with Gasteiger partial charge in [0, 0.05) is 6.08 Å². The van der Waals surface area contributed by atoms with Gasteiger partial charge in [0.1, 0.15) is 12.4 Å². The highest BCUT2D eigenvalue weighted by atomic mass is 31.2. The van der Waals surface area contributed by atoms with Crippen LogP contribution < -0.4 is 16.3 Å². The van der Waals surface area contributed by atoms with Crippen LogP contribution in [0.1, 0.15) is 26.5 Å². The van der Waals surface area contributed by atoms with E-state index in [1.165, 1.54) is 6.92 Å². The first-order valence-electron chi connectivity index (χ1n) is 10.3. The fourth-order valence-corrected chi connectivity index (χ4v) is 4.93. The topological polar surface area (TPSA) is 138 Å². The fourth-order valence-electron chi connectivity index (χ4n) is 3.10. The molecular weight excluding hydrogens is 479 g/mol. The normalized spacial score (nSPS) is 24.5. The van der Waals surface area contributed by atoms with Gasteiger partial charge in [0.05, 0.1) is 18.9 Å². The number of H-pyrrole nitrogens is 1. The number of allylic oxidation sites excluding steroid dienone is 2. The van der Waals surface area contributed by atoms with E-state index in [9.17, 15) is 27.7 Å². The fraction of sp³-hybridized carbons (Fsp3) is 0.450. The molecule has 0 saturated carbocycles. The van der Waals surface area contributed by atoms with Gasteiger partial charge in [0.25, 0.3) is 13.1 Å². The van der Waals surface area contributed by atoms with Crippen molar-refractivity contribution in [3.05, 3.63) is 69.1 Å². The van der Waals surface area contributed by atoms with Crippen molar-refractivity contribution in [1.29, 1.82) is 0 Å². The Morgan fingerprint density at radius 1 is 1.38 bits per heavy atom. The van der Waals surface area contributed by atoms with Crippen LogP contribution in [-0.2, 0) is 28.1 Å². The molecule has 5 atom stereocenters. The Morgan fingerprint density at radius 3 is 2.82 bits per heavy atom. The Labute approximate surface area is 192 Å². The zero-order chi connectivity index (χ0) is 24.9. The quantitative estimate of drug-likeness (QED) is 0.363. The van der Waals surface area contributed by atoms with E-state index in [4.69, 9.17) is 18.7 Å². The van der Waals surface area contributed by atoms with Crippen LogP contribution in [0.15, 0.2) is 52.0 Å². The first kappa shape index (κ1) is 25.9. The number of esters is 1. The van der Waals surface area contributed by atoms with Crippen LogP contribution in [-0.4, -0.2) is 46.9 Å². The zero-order valence-corrected chi connectivity index (χ0v) is 19.2. The molecule has 186 valence electrons. The van der Waals surface area contributed by atoms with E-state index in [2.05, 4.69) is 5.09 Å². The lowest BCUT2D eigenvalue weighted by atomic mass is 10.1. The summed E-state index contributed by atoms with van der Waals surface area (Å²) >= 11 is 0. The third-order valence-electron chi connectivity index (χ3n) is 4.66. The van der Waals surface area contributed by atoms with Gasteiger partial charge in [0.2, 0.25) is 5.82 Å². The van der Waals surface area contributed by atoms with E-state index in [1.807, 2.05) is 0 Å². The lowest BCUT2D eigenvalue weighted by Crippen LogP contribution is -2.36. The maximum absolute atomic E-state index is 14.4.